The number of carbonyl (C=O) groups is 1. The van der Waals surface area contributed by atoms with Crippen molar-refractivity contribution in [2.45, 2.75) is 40.1 Å². The zero-order valence-electron chi connectivity index (χ0n) is 9.06. The fraction of sp³-hybridized carbons (Fsp3) is 0.875. The van der Waals surface area contributed by atoms with Gasteiger partial charge in [0, 0.05) is 15.7 Å². The summed E-state index contributed by atoms with van der Waals surface area (Å²) in [5, 5.41) is 2.55. The molecule has 0 radical (unpaired) electrons. The third-order valence-electron chi connectivity index (χ3n) is 1.00. The van der Waals surface area contributed by atoms with E-state index >= 15 is 0 Å². The van der Waals surface area contributed by atoms with Gasteiger partial charge in [-0.25, -0.2) is 0 Å². The zero-order chi connectivity index (χ0) is 9.94. The van der Waals surface area contributed by atoms with Crippen LogP contribution in [0.15, 0.2) is 0 Å². The Morgan fingerprint density at radius 1 is 1.60 bits per heavy atom. The van der Waals surface area contributed by atoms with Crippen molar-refractivity contribution >= 4 is 5.91 Å². The second kappa shape index (κ2) is 4.31. The highest BCUT2D eigenvalue weighted by atomic mass is 16.1. The van der Waals surface area contributed by atoms with E-state index in [0.29, 0.717) is 0 Å². The molecule has 2 heteroatoms. The van der Waals surface area contributed by atoms with E-state index in [9.17, 15) is 4.79 Å². The summed E-state index contributed by atoms with van der Waals surface area (Å²) in [6.07, 6.45) is -1.34. The van der Waals surface area contributed by atoms with Crippen LogP contribution in [0.25, 0.3) is 0 Å². The van der Waals surface area contributed by atoms with Crippen LogP contribution in [0.1, 0.15) is 36.8 Å². The van der Waals surface area contributed by atoms with Crippen LogP contribution < -0.4 is 5.32 Å². The Hall–Kier alpha value is -0.530. The van der Waals surface area contributed by atoms with E-state index in [1.165, 1.54) is 6.92 Å². The van der Waals surface area contributed by atoms with Gasteiger partial charge in [-0.3, -0.25) is 4.79 Å². The number of rotatable bonds is 3. The van der Waals surface area contributed by atoms with Crippen molar-refractivity contribution in [1.82, 2.24) is 5.32 Å². The number of hydrogen-bond donors (Lipinski definition) is 1. The molecule has 0 spiro atoms. The molecule has 1 amide bonds. The summed E-state index contributed by atoms with van der Waals surface area (Å²) >= 11 is 0. The molecule has 60 valence electrons. The van der Waals surface area contributed by atoms with Crippen LogP contribution in [-0.2, 0) is 4.79 Å². The molecule has 0 aromatic heterocycles. The Morgan fingerprint density at radius 3 is 2.40 bits per heavy atom. The molecule has 0 bridgehead atoms. The van der Waals surface area contributed by atoms with E-state index in [-0.39, 0.29) is 11.8 Å². The average molecular weight is 145 g/mol. The molecule has 0 heterocycles. The first-order chi connectivity index (χ1) is 5.28. The predicted octanol–water partition coefficient (Wildman–Crippen LogP) is 1.56. The Balaban J connectivity index is 4.24. The van der Waals surface area contributed by atoms with Crippen LogP contribution in [0.3, 0.4) is 0 Å². The smallest absolute Gasteiger partial charge is 0.217 e. The fourth-order valence-corrected chi connectivity index (χ4v) is 0.847. The lowest BCUT2D eigenvalue weighted by molar-refractivity contribution is -0.119. The van der Waals surface area contributed by atoms with E-state index in [4.69, 9.17) is 2.74 Å². The number of nitrogens with one attached hydrogen (secondary N) is 1. The largest absolute Gasteiger partial charge is 0.354 e. The number of hydrogen-bond acceptors (Lipinski definition) is 1. The summed E-state index contributed by atoms with van der Waals surface area (Å²) in [6.45, 7) is 6.69. The second-order valence-corrected chi connectivity index (χ2v) is 2.74. The van der Waals surface area contributed by atoms with Gasteiger partial charge in [-0.2, -0.15) is 0 Å². The predicted molar refractivity (Wildman–Crippen MR) is 42.7 cm³/mol. The van der Waals surface area contributed by atoms with Crippen LogP contribution in [0.5, 0.6) is 0 Å². The van der Waals surface area contributed by atoms with Gasteiger partial charge in [0.1, 0.15) is 0 Å². The highest BCUT2D eigenvalue weighted by Gasteiger charge is 2.04. The third kappa shape index (κ3) is 5.60. The maximum Gasteiger partial charge on any atom is 0.217 e. The average Bonchev–Trinajstić information content (AvgIpc) is 1.85. The van der Waals surface area contributed by atoms with Gasteiger partial charge >= 0.3 is 0 Å². The van der Waals surface area contributed by atoms with Gasteiger partial charge in [0.25, 0.3) is 0 Å². The first-order valence-corrected chi connectivity index (χ1v) is 3.55. The van der Waals surface area contributed by atoms with Crippen LogP contribution >= 0.6 is 0 Å². The summed E-state index contributed by atoms with van der Waals surface area (Å²) in [6, 6.07) is -0.435. The van der Waals surface area contributed by atoms with E-state index in [1.807, 2.05) is 0 Å². The van der Waals surface area contributed by atoms with Crippen molar-refractivity contribution in [1.29, 1.82) is 0 Å². The lowest BCUT2D eigenvalue weighted by Crippen LogP contribution is -2.31. The second-order valence-electron chi connectivity index (χ2n) is 2.74. The monoisotopic (exact) mass is 145 g/mol. The maximum atomic E-state index is 10.6. The van der Waals surface area contributed by atoms with E-state index in [0.717, 1.165) is 0 Å². The van der Waals surface area contributed by atoms with E-state index in [2.05, 4.69) is 5.32 Å². The molecule has 1 N–H and O–H groups in total. The van der Waals surface area contributed by atoms with Gasteiger partial charge in [0.05, 0.1) is 0 Å². The van der Waals surface area contributed by atoms with E-state index < -0.39 is 12.4 Å². The molecule has 0 saturated carbocycles. The molecular formula is C8H17NO. The minimum atomic E-state index is -1.34. The molecule has 0 aliphatic heterocycles. The molecule has 0 aromatic carbocycles. The van der Waals surface area contributed by atoms with Crippen molar-refractivity contribution in [2.75, 3.05) is 0 Å². The zero-order valence-corrected chi connectivity index (χ0v) is 7.06. The third-order valence-corrected chi connectivity index (χ3v) is 1.00. The molecule has 0 rings (SSSR count). The van der Waals surface area contributed by atoms with Crippen molar-refractivity contribution in [3.63, 3.8) is 0 Å². The fourth-order valence-electron chi connectivity index (χ4n) is 0.847. The van der Waals surface area contributed by atoms with Crippen LogP contribution in [0.4, 0.5) is 0 Å². The topological polar surface area (TPSA) is 29.1 Å². The molecule has 0 saturated heterocycles. The van der Waals surface area contributed by atoms with Crippen LogP contribution in [-0.4, -0.2) is 11.9 Å². The Bertz CT molecular complexity index is 168. The number of amides is 1. The Kier molecular flexibility index (Phi) is 2.67. The Labute approximate surface area is 65.8 Å². The minimum Gasteiger partial charge on any atom is -0.354 e. The first-order valence-electron chi connectivity index (χ1n) is 4.55. The van der Waals surface area contributed by atoms with Crippen LogP contribution in [0.2, 0.25) is 0 Å². The molecule has 10 heavy (non-hydrogen) atoms. The summed E-state index contributed by atoms with van der Waals surface area (Å²) in [5.74, 6) is -0.286. The molecule has 1 atom stereocenters. The summed E-state index contributed by atoms with van der Waals surface area (Å²) in [5.41, 5.74) is 0. The lowest BCUT2D eigenvalue weighted by Gasteiger charge is -2.13. The first kappa shape index (κ1) is 6.20. The van der Waals surface area contributed by atoms with Gasteiger partial charge in [0.2, 0.25) is 5.91 Å². The summed E-state index contributed by atoms with van der Waals surface area (Å²) in [4.78, 5) is 10.6. The standard InChI is InChI=1S/C8H17NO/c1-6(2)5-7(3)9-8(4)10/h6-7H,5H2,1-4H3,(H,9,10)/i5D2. The van der Waals surface area contributed by atoms with Crippen LogP contribution in [0, 0.1) is 5.92 Å². The molecule has 0 aromatic rings. The van der Waals surface area contributed by atoms with Gasteiger partial charge in [-0.15, -0.1) is 0 Å². The maximum absolute atomic E-state index is 10.6. The highest BCUT2D eigenvalue weighted by Crippen LogP contribution is 2.02. The highest BCUT2D eigenvalue weighted by molar-refractivity contribution is 5.73. The lowest BCUT2D eigenvalue weighted by atomic mass is 10.1. The Morgan fingerprint density at radius 2 is 2.10 bits per heavy atom. The van der Waals surface area contributed by atoms with Gasteiger partial charge in [-0.05, 0) is 19.2 Å². The normalized spacial score (nSPS) is 17.7. The quantitative estimate of drug-likeness (QED) is 0.641. The number of carbonyl (C=O) groups excluding carboxylic acids is 1. The van der Waals surface area contributed by atoms with E-state index in [1.54, 1.807) is 20.8 Å². The minimum absolute atomic E-state index is 0.0978. The van der Waals surface area contributed by atoms with Crippen molar-refractivity contribution in [3.8, 4) is 0 Å². The molecule has 0 fully saturated rings. The van der Waals surface area contributed by atoms with Gasteiger partial charge in [0.15, 0.2) is 0 Å². The SMILES string of the molecule is [2H]C([2H])(C(C)C)C(C)NC(C)=O. The molecule has 0 aliphatic rings. The van der Waals surface area contributed by atoms with Crippen molar-refractivity contribution in [2.24, 2.45) is 5.92 Å². The summed E-state index contributed by atoms with van der Waals surface area (Å²) in [7, 11) is 0. The summed E-state index contributed by atoms with van der Waals surface area (Å²) < 4.78 is 15.3. The van der Waals surface area contributed by atoms with Gasteiger partial charge < -0.3 is 5.32 Å². The van der Waals surface area contributed by atoms with Gasteiger partial charge in [-0.1, -0.05) is 13.8 Å². The van der Waals surface area contributed by atoms with Crippen molar-refractivity contribution < 1.29 is 7.54 Å². The molecule has 0 aliphatic carbocycles. The molecule has 2 nitrogen and oxygen atoms in total. The van der Waals surface area contributed by atoms with Crippen molar-refractivity contribution in [3.05, 3.63) is 0 Å². The molecular weight excluding hydrogens is 126 g/mol. The molecule has 1 unspecified atom stereocenters.